The molecular weight excluding hydrogens is 378 g/mol. The third kappa shape index (κ3) is 4.10. The van der Waals surface area contributed by atoms with Gasteiger partial charge in [-0.15, -0.1) is 0 Å². The summed E-state index contributed by atoms with van der Waals surface area (Å²) >= 11 is 0. The van der Waals surface area contributed by atoms with Gasteiger partial charge in [-0.25, -0.2) is 4.79 Å². The molecule has 4 rings (SSSR count). The van der Waals surface area contributed by atoms with E-state index in [0.717, 1.165) is 22.1 Å². The zero-order valence-corrected chi connectivity index (χ0v) is 16.8. The van der Waals surface area contributed by atoms with E-state index in [-0.39, 0.29) is 18.1 Å². The Morgan fingerprint density at radius 2 is 1.67 bits per heavy atom. The monoisotopic (exact) mass is 399 g/mol. The number of fused-ring (bicyclic) bond motifs is 1. The number of carbonyl (C=O) groups excluding carboxylic acids is 1. The molecule has 0 saturated carbocycles. The van der Waals surface area contributed by atoms with Gasteiger partial charge in [0.2, 0.25) is 0 Å². The number of rotatable bonds is 5. The van der Waals surface area contributed by atoms with Gasteiger partial charge in [-0.05, 0) is 60.9 Å². The fourth-order valence-electron chi connectivity index (χ4n) is 3.35. The van der Waals surface area contributed by atoms with Crippen molar-refractivity contribution < 1.29 is 13.9 Å². The van der Waals surface area contributed by atoms with E-state index in [2.05, 4.69) is 5.32 Å². The van der Waals surface area contributed by atoms with Gasteiger partial charge in [-0.3, -0.25) is 4.79 Å². The normalized spacial score (nSPS) is 10.7. The summed E-state index contributed by atoms with van der Waals surface area (Å²) in [5, 5.41) is 3.69. The average Bonchev–Trinajstić information content (AvgIpc) is 2.73. The highest BCUT2D eigenvalue weighted by Crippen LogP contribution is 2.26. The minimum atomic E-state index is -0.389. The van der Waals surface area contributed by atoms with Crippen LogP contribution in [0.4, 0.5) is 5.69 Å². The fraction of sp³-hybridized carbons (Fsp3) is 0.120. The number of aryl methyl sites for hydroxylation is 2. The molecule has 1 heterocycles. The highest BCUT2D eigenvalue weighted by Gasteiger charge is 2.12. The van der Waals surface area contributed by atoms with E-state index in [9.17, 15) is 9.59 Å². The first-order valence-corrected chi connectivity index (χ1v) is 9.63. The lowest BCUT2D eigenvalue weighted by molar-refractivity contribution is -0.118. The topological polar surface area (TPSA) is 68.5 Å². The number of hydrogen-bond donors (Lipinski definition) is 1. The molecule has 1 N–H and O–H groups in total. The van der Waals surface area contributed by atoms with Crippen LogP contribution in [-0.2, 0) is 4.79 Å². The van der Waals surface area contributed by atoms with Gasteiger partial charge in [0.25, 0.3) is 5.91 Å². The molecule has 0 aliphatic rings. The van der Waals surface area contributed by atoms with E-state index in [1.54, 1.807) is 12.1 Å². The van der Waals surface area contributed by atoms with Crippen LogP contribution in [-0.4, -0.2) is 12.5 Å². The molecule has 1 aromatic heterocycles. The Morgan fingerprint density at radius 1 is 0.900 bits per heavy atom. The van der Waals surface area contributed by atoms with Crippen molar-refractivity contribution in [1.29, 1.82) is 0 Å². The second-order valence-corrected chi connectivity index (χ2v) is 7.12. The second-order valence-electron chi connectivity index (χ2n) is 7.12. The van der Waals surface area contributed by atoms with Gasteiger partial charge in [0, 0.05) is 11.1 Å². The fourth-order valence-corrected chi connectivity index (χ4v) is 3.35. The van der Waals surface area contributed by atoms with Crippen LogP contribution in [0.3, 0.4) is 0 Å². The van der Waals surface area contributed by atoms with Crippen LogP contribution in [0.1, 0.15) is 11.1 Å². The molecule has 1 amide bonds. The summed E-state index contributed by atoms with van der Waals surface area (Å²) in [6.45, 7) is 3.74. The lowest BCUT2D eigenvalue weighted by atomic mass is 10.0. The van der Waals surface area contributed by atoms with Crippen LogP contribution in [0.2, 0.25) is 0 Å². The summed E-state index contributed by atoms with van der Waals surface area (Å²) in [5.41, 5.74) is 3.90. The van der Waals surface area contributed by atoms with Crippen molar-refractivity contribution in [2.75, 3.05) is 11.9 Å². The molecule has 4 aromatic rings. The van der Waals surface area contributed by atoms with Crippen molar-refractivity contribution in [2.45, 2.75) is 13.8 Å². The van der Waals surface area contributed by atoms with Crippen molar-refractivity contribution in [3.63, 3.8) is 0 Å². The Labute approximate surface area is 173 Å². The number of amides is 1. The third-order valence-corrected chi connectivity index (χ3v) is 4.89. The molecule has 0 radical (unpaired) electrons. The molecule has 0 unspecified atom stereocenters. The summed E-state index contributed by atoms with van der Waals surface area (Å²) in [5.74, 6) is 0.429. The van der Waals surface area contributed by atoms with Crippen LogP contribution >= 0.6 is 0 Å². The number of ether oxygens (including phenoxy) is 1. The number of nitrogens with one attached hydrogen (secondary N) is 1. The molecule has 0 aliphatic carbocycles. The van der Waals surface area contributed by atoms with Gasteiger partial charge in [-0.1, -0.05) is 42.5 Å². The molecule has 5 nitrogen and oxygen atoms in total. The molecule has 150 valence electrons. The van der Waals surface area contributed by atoms with E-state index in [0.29, 0.717) is 22.6 Å². The lowest BCUT2D eigenvalue weighted by Gasteiger charge is -2.11. The first kappa shape index (κ1) is 19.5. The number of para-hydroxylation sites is 2. The van der Waals surface area contributed by atoms with Gasteiger partial charge in [0.15, 0.2) is 6.61 Å². The van der Waals surface area contributed by atoms with Crippen molar-refractivity contribution >= 4 is 22.6 Å². The van der Waals surface area contributed by atoms with Crippen LogP contribution < -0.4 is 15.7 Å². The third-order valence-electron chi connectivity index (χ3n) is 4.89. The Hall–Kier alpha value is -3.86. The summed E-state index contributed by atoms with van der Waals surface area (Å²) in [6.07, 6.45) is 0. The van der Waals surface area contributed by atoms with Gasteiger partial charge in [0.1, 0.15) is 11.3 Å². The Bertz CT molecular complexity index is 1290. The quantitative estimate of drug-likeness (QED) is 0.475. The summed E-state index contributed by atoms with van der Waals surface area (Å²) in [4.78, 5) is 24.7. The maximum absolute atomic E-state index is 12.4. The SMILES string of the molecule is Cc1ccccc1OCC(=O)Nc1ccc(-c2cc3ccccc3oc2=O)c(C)c1. The summed E-state index contributed by atoms with van der Waals surface area (Å²) < 4.78 is 11.0. The zero-order valence-electron chi connectivity index (χ0n) is 16.8. The molecule has 0 fully saturated rings. The van der Waals surface area contributed by atoms with Gasteiger partial charge in [-0.2, -0.15) is 0 Å². The molecule has 0 atom stereocenters. The van der Waals surface area contributed by atoms with Crippen LogP contribution in [0.25, 0.3) is 22.1 Å². The minimum absolute atomic E-state index is 0.0834. The van der Waals surface area contributed by atoms with Crippen LogP contribution in [0.5, 0.6) is 5.75 Å². The standard InChI is InChI=1S/C25H21NO4/c1-16-7-3-5-9-22(16)29-15-24(27)26-19-11-12-20(17(2)13-19)21-14-18-8-4-6-10-23(18)30-25(21)28/h3-14H,15H2,1-2H3,(H,26,27). The Balaban J connectivity index is 1.51. The number of carbonyl (C=O) groups is 1. The maximum atomic E-state index is 12.4. The summed E-state index contributed by atoms with van der Waals surface area (Å²) in [6, 6.07) is 22.2. The Kier molecular flexibility index (Phi) is 5.35. The minimum Gasteiger partial charge on any atom is -0.483 e. The van der Waals surface area contributed by atoms with E-state index >= 15 is 0 Å². The van der Waals surface area contributed by atoms with E-state index in [1.165, 1.54) is 0 Å². The van der Waals surface area contributed by atoms with Crippen molar-refractivity contribution in [3.05, 3.63) is 94.3 Å². The Morgan fingerprint density at radius 3 is 2.47 bits per heavy atom. The molecular formula is C25H21NO4. The molecule has 0 spiro atoms. The highest BCUT2D eigenvalue weighted by atomic mass is 16.5. The highest BCUT2D eigenvalue weighted by molar-refractivity contribution is 5.92. The van der Waals surface area contributed by atoms with Crippen molar-refractivity contribution in [3.8, 4) is 16.9 Å². The molecule has 0 bridgehead atoms. The predicted octanol–water partition coefficient (Wildman–Crippen LogP) is 5.09. The van der Waals surface area contributed by atoms with Crippen LogP contribution in [0.15, 0.2) is 82.0 Å². The van der Waals surface area contributed by atoms with Crippen LogP contribution in [0, 0.1) is 13.8 Å². The van der Waals surface area contributed by atoms with Gasteiger partial charge in [0.05, 0.1) is 5.56 Å². The number of hydrogen-bond acceptors (Lipinski definition) is 4. The molecule has 3 aromatic carbocycles. The van der Waals surface area contributed by atoms with Crippen molar-refractivity contribution in [1.82, 2.24) is 0 Å². The largest absolute Gasteiger partial charge is 0.483 e. The molecule has 5 heteroatoms. The maximum Gasteiger partial charge on any atom is 0.344 e. The molecule has 0 aliphatic heterocycles. The first-order chi connectivity index (χ1) is 14.5. The lowest BCUT2D eigenvalue weighted by Crippen LogP contribution is -2.20. The molecule has 0 saturated heterocycles. The van der Waals surface area contributed by atoms with E-state index < -0.39 is 0 Å². The summed E-state index contributed by atoms with van der Waals surface area (Å²) in [7, 11) is 0. The van der Waals surface area contributed by atoms with Gasteiger partial charge < -0.3 is 14.5 Å². The van der Waals surface area contributed by atoms with Gasteiger partial charge >= 0.3 is 5.63 Å². The first-order valence-electron chi connectivity index (χ1n) is 9.63. The van der Waals surface area contributed by atoms with E-state index in [1.807, 2.05) is 74.5 Å². The number of benzene rings is 3. The zero-order chi connectivity index (χ0) is 21.1. The molecule has 30 heavy (non-hydrogen) atoms. The predicted molar refractivity (Wildman–Crippen MR) is 118 cm³/mol. The van der Waals surface area contributed by atoms with Crippen molar-refractivity contribution in [2.24, 2.45) is 0 Å². The average molecular weight is 399 g/mol. The number of anilines is 1. The second kappa shape index (κ2) is 8.25. The smallest absolute Gasteiger partial charge is 0.344 e. The van der Waals surface area contributed by atoms with E-state index in [4.69, 9.17) is 9.15 Å².